The van der Waals surface area contributed by atoms with Crippen molar-refractivity contribution in [1.82, 2.24) is 20.4 Å². The summed E-state index contributed by atoms with van der Waals surface area (Å²) in [7, 11) is 0. The first-order valence-corrected chi connectivity index (χ1v) is 7.23. The normalized spacial score (nSPS) is 15.2. The predicted octanol–water partition coefficient (Wildman–Crippen LogP) is 0.962. The van der Waals surface area contributed by atoms with Crippen LogP contribution in [0.5, 0.6) is 0 Å². The first kappa shape index (κ1) is 14.8. The van der Waals surface area contributed by atoms with Crippen LogP contribution in [-0.2, 0) is 11.3 Å². The molecule has 0 saturated heterocycles. The number of nitrogens with zero attached hydrogens (tertiary/aromatic N) is 2. The second kappa shape index (κ2) is 6.26. The van der Waals surface area contributed by atoms with Gasteiger partial charge >= 0.3 is 0 Å². The maximum atomic E-state index is 11.6. The van der Waals surface area contributed by atoms with Gasteiger partial charge in [0.2, 0.25) is 5.91 Å². The fraction of sp³-hybridized carbons (Fsp3) is 0.714. The summed E-state index contributed by atoms with van der Waals surface area (Å²) in [6.45, 7) is 8.43. The molecule has 0 atom stereocenters. The maximum Gasteiger partial charge on any atom is 0.241 e. The summed E-state index contributed by atoms with van der Waals surface area (Å²) in [5, 5.41) is 13.8. The Balaban J connectivity index is 1.67. The van der Waals surface area contributed by atoms with Crippen molar-refractivity contribution in [3.05, 3.63) is 12.4 Å². The third-order valence-electron chi connectivity index (χ3n) is 2.99. The number of amides is 1. The first-order chi connectivity index (χ1) is 9.42. The van der Waals surface area contributed by atoms with Gasteiger partial charge in [0.15, 0.2) is 0 Å². The van der Waals surface area contributed by atoms with Crippen molar-refractivity contribution in [2.24, 2.45) is 0 Å². The van der Waals surface area contributed by atoms with Crippen LogP contribution in [0.15, 0.2) is 12.4 Å². The summed E-state index contributed by atoms with van der Waals surface area (Å²) in [5.74, 6) is 0.0385. The quantitative estimate of drug-likeness (QED) is 0.650. The number of nitrogens with one attached hydrogen (secondary N) is 3. The zero-order valence-corrected chi connectivity index (χ0v) is 12.6. The molecule has 0 spiro atoms. The van der Waals surface area contributed by atoms with Crippen molar-refractivity contribution >= 4 is 11.6 Å². The molecule has 112 valence electrons. The Morgan fingerprint density at radius 3 is 2.80 bits per heavy atom. The number of hydrogen-bond acceptors (Lipinski definition) is 4. The number of hydrogen-bond donors (Lipinski definition) is 3. The lowest BCUT2D eigenvalue weighted by Gasteiger charge is -2.20. The molecule has 1 aromatic heterocycles. The van der Waals surface area contributed by atoms with Crippen LogP contribution in [0.4, 0.5) is 5.69 Å². The number of carbonyl (C=O) groups excluding carboxylic acids is 1. The van der Waals surface area contributed by atoms with Crippen molar-refractivity contribution in [3.63, 3.8) is 0 Å². The van der Waals surface area contributed by atoms with Crippen LogP contribution < -0.4 is 16.0 Å². The summed E-state index contributed by atoms with van der Waals surface area (Å²) >= 11 is 0. The molecule has 0 aromatic carbocycles. The van der Waals surface area contributed by atoms with Gasteiger partial charge in [0.25, 0.3) is 0 Å². The van der Waals surface area contributed by atoms with Crippen LogP contribution in [-0.4, -0.2) is 40.4 Å². The topological polar surface area (TPSA) is 71.0 Å². The van der Waals surface area contributed by atoms with Crippen molar-refractivity contribution < 1.29 is 4.79 Å². The molecule has 0 radical (unpaired) electrons. The molecule has 0 unspecified atom stereocenters. The number of aromatic nitrogens is 2. The summed E-state index contributed by atoms with van der Waals surface area (Å²) in [4.78, 5) is 11.6. The van der Waals surface area contributed by atoms with Gasteiger partial charge in [0.05, 0.1) is 11.9 Å². The number of carbonyl (C=O) groups is 1. The van der Waals surface area contributed by atoms with E-state index in [-0.39, 0.29) is 11.4 Å². The lowest BCUT2D eigenvalue weighted by Crippen LogP contribution is -2.38. The molecule has 0 bridgehead atoms. The Kier molecular flexibility index (Phi) is 4.65. The predicted molar refractivity (Wildman–Crippen MR) is 79.6 cm³/mol. The molecule has 20 heavy (non-hydrogen) atoms. The highest BCUT2D eigenvalue weighted by Gasteiger charge is 2.23. The van der Waals surface area contributed by atoms with E-state index in [1.165, 1.54) is 0 Å². The minimum atomic E-state index is 0.0385. The molecule has 3 N–H and O–H groups in total. The largest absolute Gasteiger partial charge is 0.381 e. The maximum absolute atomic E-state index is 11.6. The van der Waals surface area contributed by atoms with Crippen molar-refractivity contribution in [2.45, 2.75) is 51.7 Å². The van der Waals surface area contributed by atoms with E-state index in [0.717, 1.165) is 31.6 Å². The first-order valence-electron chi connectivity index (χ1n) is 7.23. The van der Waals surface area contributed by atoms with Crippen LogP contribution in [0.2, 0.25) is 0 Å². The molecule has 1 heterocycles. The van der Waals surface area contributed by atoms with Crippen molar-refractivity contribution in [1.29, 1.82) is 0 Å². The number of anilines is 1. The van der Waals surface area contributed by atoms with E-state index in [0.29, 0.717) is 12.6 Å². The molecule has 2 rings (SSSR count). The van der Waals surface area contributed by atoms with Crippen LogP contribution in [0, 0.1) is 0 Å². The van der Waals surface area contributed by atoms with Gasteiger partial charge in [-0.05, 0) is 33.6 Å². The van der Waals surface area contributed by atoms with E-state index in [2.05, 4.69) is 41.8 Å². The fourth-order valence-corrected chi connectivity index (χ4v) is 1.83. The van der Waals surface area contributed by atoms with Gasteiger partial charge in [-0.25, -0.2) is 0 Å². The zero-order chi connectivity index (χ0) is 14.6. The third kappa shape index (κ3) is 5.61. The summed E-state index contributed by atoms with van der Waals surface area (Å²) in [6, 6.07) is 0.402. The molecule has 6 heteroatoms. The molecule has 1 aliphatic rings. The third-order valence-corrected chi connectivity index (χ3v) is 2.99. The molecule has 1 fully saturated rings. The van der Waals surface area contributed by atoms with Gasteiger partial charge in [-0.15, -0.1) is 0 Å². The van der Waals surface area contributed by atoms with Gasteiger partial charge in [-0.2, -0.15) is 5.10 Å². The highest BCUT2D eigenvalue weighted by Crippen LogP contribution is 2.18. The summed E-state index contributed by atoms with van der Waals surface area (Å²) < 4.78 is 1.66. The molecule has 1 saturated carbocycles. The Morgan fingerprint density at radius 2 is 2.15 bits per heavy atom. The van der Waals surface area contributed by atoms with E-state index >= 15 is 0 Å². The molecule has 1 aromatic rings. The molecule has 1 aliphatic carbocycles. The Labute approximate surface area is 120 Å². The van der Waals surface area contributed by atoms with E-state index in [9.17, 15) is 4.79 Å². The highest BCUT2D eigenvalue weighted by atomic mass is 16.2. The van der Waals surface area contributed by atoms with Gasteiger partial charge < -0.3 is 16.0 Å². The average Bonchev–Trinajstić information content (AvgIpc) is 3.02. The minimum Gasteiger partial charge on any atom is -0.381 e. The average molecular weight is 279 g/mol. The second-order valence-electron chi connectivity index (χ2n) is 6.37. The summed E-state index contributed by atoms with van der Waals surface area (Å²) in [6.07, 6.45) is 5.84. The van der Waals surface area contributed by atoms with E-state index < -0.39 is 0 Å². The zero-order valence-electron chi connectivity index (χ0n) is 12.6. The molecule has 1 amide bonds. The van der Waals surface area contributed by atoms with Crippen molar-refractivity contribution in [2.75, 3.05) is 18.4 Å². The fourth-order valence-electron chi connectivity index (χ4n) is 1.83. The second-order valence-corrected chi connectivity index (χ2v) is 6.37. The Bertz CT molecular complexity index is 445. The van der Waals surface area contributed by atoms with E-state index in [4.69, 9.17) is 0 Å². The minimum absolute atomic E-state index is 0.0385. The highest BCUT2D eigenvalue weighted by molar-refractivity contribution is 5.76. The standard InChI is InChI=1S/C14H25N5O/c1-14(2,3)16-7-6-15-12-8-17-19(9-12)10-13(20)18-11-4-5-11/h8-9,11,15-16H,4-7,10H2,1-3H3,(H,18,20). The lowest BCUT2D eigenvalue weighted by atomic mass is 10.1. The van der Waals surface area contributed by atoms with Crippen LogP contribution in [0.25, 0.3) is 0 Å². The van der Waals surface area contributed by atoms with Gasteiger partial charge in [0, 0.05) is 30.9 Å². The molecular formula is C14H25N5O. The van der Waals surface area contributed by atoms with Gasteiger partial charge in [-0.1, -0.05) is 0 Å². The number of rotatable bonds is 7. The van der Waals surface area contributed by atoms with Gasteiger partial charge in [-0.3, -0.25) is 9.48 Å². The van der Waals surface area contributed by atoms with Crippen molar-refractivity contribution in [3.8, 4) is 0 Å². The Hall–Kier alpha value is -1.56. The monoisotopic (exact) mass is 279 g/mol. The summed E-state index contributed by atoms with van der Waals surface area (Å²) in [5.41, 5.74) is 1.08. The smallest absolute Gasteiger partial charge is 0.241 e. The lowest BCUT2D eigenvalue weighted by molar-refractivity contribution is -0.122. The van der Waals surface area contributed by atoms with E-state index in [1.54, 1.807) is 10.9 Å². The molecule has 6 nitrogen and oxygen atoms in total. The van der Waals surface area contributed by atoms with Crippen LogP contribution in [0.3, 0.4) is 0 Å². The molecule has 0 aliphatic heterocycles. The van der Waals surface area contributed by atoms with Crippen LogP contribution >= 0.6 is 0 Å². The molecular weight excluding hydrogens is 254 g/mol. The van der Waals surface area contributed by atoms with Crippen LogP contribution in [0.1, 0.15) is 33.6 Å². The Morgan fingerprint density at radius 1 is 1.40 bits per heavy atom. The van der Waals surface area contributed by atoms with Gasteiger partial charge in [0.1, 0.15) is 6.54 Å². The van der Waals surface area contributed by atoms with E-state index in [1.807, 2.05) is 6.20 Å². The SMILES string of the molecule is CC(C)(C)NCCNc1cnn(CC(=O)NC2CC2)c1.